The third kappa shape index (κ3) is 3.49. The second-order valence-corrected chi connectivity index (χ2v) is 6.37. The average Bonchev–Trinajstić information content (AvgIpc) is 2.34. The number of rotatable bonds is 5. The summed E-state index contributed by atoms with van der Waals surface area (Å²) in [6, 6.07) is 1.59. The summed E-state index contributed by atoms with van der Waals surface area (Å²) in [7, 11) is 0. The van der Waals surface area contributed by atoms with Gasteiger partial charge in [-0.3, -0.25) is 9.59 Å². The van der Waals surface area contributed by atoms with Gasteiger partial charge in [0.2, 0.25) is 0 Å². The van der Waals surface area contributed by atoms with Crippen molar-refractivity contribution in [1.82, 2.24) is 10.3 Å². The molecule has 1 aromatic heterocycles. The van der Waals surface area contributed by atoms with Crippen LogP contribution in [0.2, 0.25) is 5.15 Å². The number of carbonyl (C=O) groups excluding carboxylic acids is 1. The first-order valence-corrected chi connectivity index (χ1v) is 7.40. The van der Waals surface area contributed by atoms with E-state index in [0.29, 0.717) is 11.0 Å². The summed E-state index contributed by atoms with van der Waals surface area (Å²) in [5.41, 5.74) is -0.0289. The largest absolute Gasteiger partial charge is 0.481 e. The minimum absolute atomic E-state index is 0.0811. The normalized spacial score (nSPS) is 16.3. The number of carboxylic acids is 1. The minimum Gasteiger partial charge on any atom is -0.481 e. The van der Waals surface area contributed by atoms with Crippen LogP contribution in [-0.2, 0) is 4.79 Å². The minimum atomic E-state index is -0.832. The second kappa shape index (κ2) is 6.10. The molecule has 1 aromatic rings. The Balaban J connectivity index is 2.01. The lowest BCUT2D eigenvalue weighted by molar-refractivity contribution is -0.141. The third-order valence-corrected chi connectivity index (χ3v) is 4.35. The Morgan fingerprint density at radius 1 is 1.50 bits per heavy atom. The van der Waals surface area contributed by atoms with Gasteiger partial charge in [-0.25, -0.2) is 4.98 Å². The first-order chi connectivity index (χ1) is 9.42. The quantitative estimate of drug-likeness (QED) is 0.790. The molecule has 20 heavy (non-hydrogen) atoms. The maximum atomic E-state index is 12.1. The SMILES string of the molecule is O=C(O)CC1(CNC(=O)c2cc(Br)cnc2Cl)CCC1. The predicted molar refractivity (Wildman–Crippen MR) is 77.8 cm³/mol. The van der Waals surface area contributed by atoms with Gasteiger partial charge in [0, 0.05) is 17.2 Å². The van der Waals surface area contributed by atoms with E-state index in [9.17, 15) is 9.59 Å². The van der Waals surface area contributed by atoms with Crippen molar-refractivity contribution in [2.24, 2.45) is 5.41 Å². The van der Waals surface area contributed by atoms with Crippen molar-refractivity contribution in [1.29, 1.82) is 0 Å². The molecule has 0 aliphatic heterocycles. The molecule has 1 aliphatic carbocycles. The topological polar surface area (TPSA) is 79.3 Å². The highest BCUT2D eigenvalue weighted by atomic mass is 79.9. The van der Waals surface area contributed by atoms with E-state index in [2.05, 4.69) is 26.2 Å². The van der Waals surface area contributed by atoms with E-state index in [-0.39, 0.29) is 28.5 Å². The lowest BCUT2D eigenvalue weighted by Crippen LogP contribution is -2.43. The first kappa shape index (κ1) is 15.3. The average molecular weight is 362 g/mol. The molecular formula is C13H14BrClN2O3. The van der Waals surface area contributed by atoms with E-state index in [4.69, 9.17) is 16.7 Å². The number of hydrogen-bond donors (Lipinski definition) is 2. The van der Waals surface area contributed by atoms with Crippen LogP contribution < -0.4 is 5.32 Å². The summed E-state index contributed by atoms with van der Waals surface area (Å²) >= 11 is 9.12. The van der Waals surface area contributed by atoms with Gasteiger partial charge in [-0.15, -0.1) is 0 Å². The molecular weight excluding hydrogens is 348 g/mol. The molecule has 2 rings (SSSR count). The molecule has 0 aromatic carbocycles. The number of carbonyl (C=O) groups is 2. The first-order valence-electron chi connectivity index (χ1n) is 6.23. The van der Waals surface area contributed by atoms with Gasteiger partial charge in [0.05, 0.1) is 12.0 Å². The fourth-order valence-electron chi connectivity index (χ4n) is 2.36. The Bertz CT molecular complexity index is 546. The smallest absolute Gasteiger partial charge is 0.303 e. The molecule has 7 heteroatoms. The molecule has 0 bridgehead atoms. The number of nitrogens with one attached hydrogen (secondary N) is 1. The predicted octanol–water partition coefficient (Wildman–Crippen LogP) is 2.87. The van der Waals surface area contributed by atoms with Gasteiger partial charge in [-0.05, 0) is 40.3 Å². The van der Waals surface area contributed by atoms with Crippen LogP contribution >= 0.6 is 27.5 Å². The summed E-state index contributed by atoms with van der Waals surface area (Å²) in [6.07, 6.45) is 4.24. The van der Waals surface area contributed by atoms with Gasteiger partial charge in [-0.1, -0.05) is 18.0 Å². The van der Waals surface area contributed by atoms with Gasteiger partial charge in [0.1, 0.15) is 5.15 Å². The van der Waals surface area contributed by atoms with Gasteiger partial charge < -0.3 is 10.4 Å². The number of aromatic nitrogens is 1. The van der Waals surface area contributed by atoms with Crippen molar-refractivity contribution in [2.75, 3.05) is 6.54 Å². The van der Waals surface area contributed by atoms with Gasteiger partial charge in [-0.2, -0.15) is 0 Å². The maximum absolute atomic E-state index is 12.1. The Hall–Kier alpha value is -1.14. The van der Waals surface area contributed by atoms with Crippen LogP contribution in [0.25, 0.3) is 0 Å². The summed E-state index contributed by atoms with van der Waals surface area (Å²) in [6.45, 7) is 0.348. The molecule has 0 saturated heterocycles. The summed E-state index contributed by atoms with van der Waals surface area (Å²) in [5, 5.41) is 11.8. The van der Waals surface area contributed by atoms with Crippen molar-refractivity contribution in [3.63, 3.8) is 0 Å². The Morgan fingerprint density at radius 2 is 2.20 bits per heavy atom. The Morgan fingerprint density at radius 3 is 2.75 bits per heavy atom. The van der Waals surface area contributed by atoms with E-state index in [0.717, 1.165) is 19.3 Å². The molecule has 0 unspecified atom stereocenters. The van der Waals surface area contributed by atoms with Gasteiger partial charge >= 0.3 is 5.97 Å². The Kier molecular flexibility index (Phi) is 4.65. The van der Waals surface area contributed by atoms with Crippen LogP contribution in [0.15, 0.2) is 16.7 Å². The lowest BCUT2D eigenvalue weighted by Gasteiger charge is -2.40. The molecule has 1 aliphatic rings. The van der Waals surface area contributed by atoms with E-state index in [1.807, 2.05) is 0 Å². The highest BCUT2D eigenvalue weighted by Gasteiger charge is 2.39. The monoisotopic (exact) mass is 360 g/mol. The number of nitrogens with zero attached hydrogens (tertiary/aromatic N) is 1. The van der Waals surface area contributed by atoms with E-state index < -0.39 is 5.97 Å². The number of halogens is 2. The number of carboxylic acid groups (broad SMARTS) is 1. The standard InChI is InChI=1S/C13H14BrClN2O3/c14-8-4-9(11(15)16-6-8)12(20)17-7-13(2-1-3-13)5-10(18)19/h4,6H,1-3,5,7H2,(H,17,20)(H,18,19). The molecule has 1 saturated carbocycles. The zero-order valence-electron chi connectivity index (χ0n) is 10.7. The number of pyridine rings is 1. The lowest BCUT2D eigenvalue weighted by atomic mass is 9.66. The van der Waals surface area contributed by atoms with Crippen molar-refractivity contribution in [3.8, 4) is 0 Å². The fraction of sp³-hybridized carbons (Fsp3) is 0.462. The van der Waals surface area contributed by atoms with E-state index in [1.165, 1.54) is 6.20 Å². The maximum Gasteiger partial charge on any atom is 0.303 e. The van der Waals surface area contributed by atoms with Crippen LogP contribution in [0, 0.1) is 5.41 Å². The molecule has 2 N–H and O–H groups in total. The highest BCUT2D eigenvalue weighted by molar-refractivity contribution is 9.10. The molecule has 0 radical (unpaired) electrons. The van der Waals surface area contributed by atoms with Crippen molar-refractivity contribution in [3.05, 3.63) is 27.5 Å². The van der Waals surface area contributed by atoms with E-state index in [1.54, 1.807) is 6.07 Å². The second-order valence-electron chi connectivity index (χ2n) is 5.10. The van der Waals surface area contributed by atoms with E-state index >= 15 is 0 Å². The number of hydrogen-bond acceptors (Lipinski definition) is 3. The number of aliphatic carboxylic acids is 1. The summed E-state index contributed by atoms with van der Waals surface area (Å²) in [5.74, 6) is -1.17. The molecule has 5 nitrogen and oxygen atoms in total. The molecule has 0 atom stereocenters. The van der Waals surface area contributed by atoms with Crippen LogP contribution in [0.3, 0.4) is 0 Å². The summed E-state index contributed by atoms with van der Waals surface area (Å²) < 4.78 is 0.663. The molecule has 0 spiro atoms. The van der Waals surface area contributed by atoms with Crippen LogP contribution in [0.5, 0.6) is 0 Å². The van der Waals surface area contributed by atoms with Gasteiger partial charge in [0.15, 0.2) is 0 Å². The van der Waals surface area contributed by atoms with Crippen LogP contribution in [0.4, 0.5) is 0 Å². The Labute approximate surface area is 129 Å². The zero-order valence-corrected chi connectivity index (χ0v) is 13.0. The third-order valence-electron chi connectivity index (χ3n) is 3.61. The molecule has 1 fully saturated rings. The van der Waals surface area contributed by atoms with Crippen LogP contribution in [-0.4, -0.2) is 28.5 Å². The van der Waals surface area contributed by atoms with Crippen molar-refractivity contribution >= 4 is 39.4 Å². The van der Waals surface area contributed by atoms with Gasteiger partial charge in [0.25, 0.3) is 5.91 Å². The molecule has 108 valence electrons. The van der Waals surface area contributed by atoms with Crippen molar-refractivity contribution in [2.45, 2.75) is 25.7 Å². The number of amides is 1. The summed E-state index contributed by atoms with van der Waals surface area (Å²) in [4.78, 5) is 26.8. The fourth-order valence-corrected chi connectivity index (χ4v) is 2.88. The molecule has 1 heterocycles. The van der Waals surface area contributed by atoms with Crippen molar-refractivity contribution < 1.29 is 14.7 Å². The zero-order chi connectivity index (χ0) is 14.8. The molecule has 1 amide bonds. The highest BCUT2D eigenvalue weighted by Crippen LogP contribution is 2.43. The van der Waals surface area contributed by atoms with Crippen LogP contribution in [0.1, 0.15) is 36.0 Å².